The monoisotopic (exact) mass is 1300 g/mol. The van der Waals surface area contributed by atoms with Crippen molar-refractivity contribution in [3.8, 4) is 17.2 Å². The molecule has 7 rings (SSSR count). The minimum atomic E-state index is 0.00935. The Bertz CT molecular complexity index is 2980. The summed E-state index contributed by atoms with van der Waals surface area (Å²) >= 11 is 35.9. The molecule has 480 valence electrons. The molecule has 0 aromatic heterocycles. The zero-order valence-corrected chi connectivity index (χ0v) is 63.2. The lowest BCUT2D eigenvalue weighted by Crippen LogP contribution is -2.14. The van der Waals surface area contributed by atoms with Gasteiger partial charge in [-0.25, -0.2) is 0 Å². The Kier molecular flexibility index (Phi) is 31.7. The standard InChI is InChI=1S/C12H18O2.C12H18O.C12H18.2C11H15Cl.2C10H12Cl2/c1-12(2,3)9-7-6-8-10(13-4)11(9)14-5;1-9-8-10(13-5)6-7-11(9)12(2,3)4;1-9-7-6-8-10(2)11(9)12(3,4)5;1-8-7-9(12)5-6-10(8)11(2,3)4;1-8-6-5-7-9(12)10(8)11(2,3)4;1-10(2,3)8-5-4-7(11)6-9(8)12;1-10(2,3)9-7(11)5-4-6-8(9)12/h6-8H,1-5H3;6-8H,1-5H3;6-8H,1-5H3;2*5-7H,1-4H3;2*4-6H,1-3H3. The van der Waals surface area contributed by atoms with Crippen molar-refractivity contribution in [2.45, 2.75) is 218 Å². The number of hydrogen-bond donors (Lipinski definition) is 0. The zero-order chi connectivity index (χ0) is 67.6. The molecule has 7 aromatic carbocycles. The van der Waals surface area contributed by atoms with Gasteiger partial charge in [0.2, 0.25) is 0 Å². The van der Waals surface area contributed by atoms with E-state index in [1.165, 1.54) is 55.6 Å². The first-order chi connectivity index (χ1) is 39.5. The van der Waals surface area contributed by atoms with Crippen LogP contribution in [0.15, 0.2) is 127 Å². The van der Waals surface area contributed by atoms with E-state index in [1.54, 1.807) is 27.4 Å². The fraction of sp³-hybridized carbons (Fsp3) is 0.462. The lowest BCUT2D eigenvalue weighted by molar-refractivity contribution is 0.345. The quantitative estimate of drug-likeness (QED) is 0.176. The molecule has 0 amide bonds. The van der Waals surface area contributed by atoms with E-state index in [-0.39, 0.29) is 37.9 Å². The molecular formula is C78H108Cl6O3. The van der Waals surface area contributed by atoms with Gasteiger partial charge < -0.3 is 14.2 Å². The Labute approximate surface area is 560 Å². The third-order valence-corrected chi connectivity index (χ3v) is 15.8. The summed E-state index contributed by atoms with van der Waals surface area (Å²) < 4.78 is 15.8. The molecule has 3 nitrogen and oxygen atoms in total. The van der Waals surface area contributed by atoms with Gasteiger partial charge in [0.25, 0.3) is 0 Å². The highest BCUT2D eigenvalue weighted by Crippen LogP contribution is 2.39. The van der Waals surface area contributed by atoms with Crippen molar-refractivity contribution in [3.05, 3.63) is 224 Å². The smallest absolute Gasteiger partial charge is 0.164 e. The minimum absolute atomic E-state index is 0.00935. The van der Waals surface area contributed by atoms with Gasteiger partial charge in [0.15, 0.2) is 11.5 Å². The minimum Gasteiger partial charge on any atom is -0.497 e. The molecule has 9 heteroatoms. The first-order valence-electron chi connectivity index (χ1n) is 29.9. The number of hydrogen-bond acceptors (Lipinski definition) is 3. The van der Waals surface area contributed by atoms with Crippen molar-refractivity contribution in [3.63, 3.8) is 0 Å². The van der Waals surface area contributed by atoms with Gasteiger partial charge in [0.1, 0.15) is 5.75 Å². The Morgan fingerprint density at radius 3 is 0.920 bits per heavy atom. The predicted octanol–water partition coefficient (Wildman–Crippen LogP) is 26.4. The van der Waals surface area contributed by atoms with Crippen LogP contribution in [0.25, 0.3) is 0 Å². The summed E-state index contributed by atoms with van der Waals surface area (Å²) in [4.78, 5) is 0. The maximum atomic E-state index is 6.11. The van der Waals surface area contributed by atoms with E-state index in [0.29, 0.717) is 5.02 Å². The van der Waals surface area contributed by atoms with Crippen molar-refractivity contribution in [2.24, 2.45) is 0 Å². The first-order valence-corrected chi connectivity index (χ1v) is 32.2. The van der Waals surface area contributed by atoms with E-state index in [4.69, 9.17) is 83.8 Å². The summed E-state index contributed by atoms with van der Waals surface area (Å²) in [5.41, 5.74) is 16.5. The molecule has 0 aliphatic carbocycles. The highest BCUT2D eigenvalue weighted by Gasteiger charge is 2.24. The topological polar surface area (TPSA) is 27.7 Å². The van der Waals surface area contributed by atoms with E-state index in [0.717, 1.165) is 53.5 Å². The maximum absolute atomic E-state index is 6.11. The fourth-order valence-electron chi connectivity index (χ4n) is 10.4. The van der Waals surface area contributed by atoms with Gasteiger partial charge in [-0.1, -0.05) is 282 Å². The second-order valence-corrected chi connectivity index (χ2v) is 31.9. The summed E-state index contributed by atoms with van der Waals surface area (Å²) in [5, 5.41) is 4.62. The number of aryl methyl sites for hydroxylation is 5. The van der Waals surface area contributed by atoms with Crippen LogP contribution in [-0.2, 0) is 37.9 Å². The van der Waals surface area contributed by atoms with Gasteiger partial charge in [-0.15, -0.1) is 0 Å². The van der Waals surface area contributed by atoms with Crippen LogP contribution in [0.1, 0.15) is 212 Å². The van der Waals surface area contributed by atoms with Gasteiger partial charge in [-0.05, 0) is 194 Å². The highest BCUT2D eigenvalue weighted by molar-refractivity contribution is 6.36. The van der Waals surface area contributed by atoms with Crippen LogP contribution in [0.4, 0.5) is 0 Å². The van der Waals surface area contributed by atoms with Crippen LogP contribution in [0, 0.1) is 34.6 Å². The molecule has 0 heterocycles. The molecule has 7 aromatic rings. The normalized spacial score (nSPS) is 11.6. The Hall–Kier alpha value is -4.32. The van der Waals surface area contributed by atoms with Crippen LogP contribution in [0.2, 0.25) is 30.1 Å². The van der Waals surface area contributed by atoms with Gasteiger partial charge in [-0.3, -0.25) is 0 Å². The molecule has 0 bridgehead atoms. The second-order valence-electron chi connectivity index (χ2n) is 29.4. The molecule has 0 atom stereocenters. The number of benzene rings is 7. The maximum Gasteiger partial charge on any atom is 0.164 e. The Balaban J connectivity index is 0.000000508. The summed E-state index contributed by atoms with van der Waals surface area (Å²) in [5.74, 6) is 2.56. The average Bonchev–Trinajstić information content (AvgIpc) is 2.44. The molecule has 0 aliphatic heterocycles. The van der Waals surface area contributed by atoms with Crippen molar-refractivity contribution in [1.82, 2.24) is 0 Å². The van der Waals surface area contributed by atoms with Gasteiger partial charge >= 0.3 is 0 Å². The predicted molar refractivity (Wildman–Crippen MR) is 389 cm³/mol. The second kappa shape index (κ2) is 34.2. The largest absolute Gasteiger partial charge is 0.497 e. The summed E-state index contributed by atoms with van der Waals surface area (Å²) in [6, 6.07) is 42.1. The summed E-state index contributed by atoms with van der Waals surface area (Å²) in [6.45, 7) is 56.5. The van der Waals surface area contributed by atoms with E-state index in [1.807, 2.05) is 72.8 Å². The van der Waals surface area contributed by atoms with Gasteiger partial charge in [0.05, 0.1) is 21.3 Å². The number of ether oxygens (including phenoxy) is 3. The van der Waals surface area contributed by atoms with Crippen LogP contribution in [0.3, 0.4) is 0 Å². The van der Waals surface area contributed by atoms with E-state index < -0.39 is 0 Å². The lowest BCUT2D eigenvalue weighted by atomic mass is 9.81. The number of methoxy groups -OCH3 is 3. The van der Waals surface area contributed by atoms with Crippen LogP contribution < -0.4 is 14.2 Å². The molecule has 87 heavy (non-hydrogen) atoms. The van der Waals surface area contributed by atoms with Crippen LogP contribution in [0.5, 0.6) is 17.2 Å². The zero-order valence-electron chi connectivity index (χ0n) is 58.6. The molecular weight excluding hydrogens is 1200 g/mol. The molecule has 0 N–H and O–H groups in total. The molecule has 0 fully saturated rings. The van der Waals surface area contributed by atoms with E-state index >= 15 is 0 Å². The van der Waals surface area contributed by atoms with Crippen molar-refractivity contribution >= 4 is 69.6 Å². The SMILES string of the molecule is CC(C)(C)c1c(Cl)cccc1Cl.CC(C)(C)c1ccc(Cl)cc1Cl.COc1ccc(C(C)(C)C)c(C)c1.COc1cccc(C(C)(C)C)c1OC.Cc1cc(Cl)ccc1C(C)(C)C.Cc1cccc(C)c1C(C)(C)C.Cc1cccc(Cl)c1C(C)(C)C. The Morgan fingerprint density at radius 1 is 0.264 bits per heavy atom. The number of halogens is 6. The average molecular weight is 1310 g/mol. The summed E-state index contributed by atoms with van der Waals surface area (Å²) in [6.07, 6.45) is 0. The molecule has 0 radical (unpaired) electrons. The van der Waals surface area contributed by atoms with Gasteiger partial charge in [-0.2, -0.15) is 0 Å². The lowest BCUT2D eigenvalue weighted by Gasteiger charge is -2.23. The molecule has 0 aliphatic rings. The van der Waals surface area contributed by atoms with Crippen molar-refractivity contribution in [2.75, 3.05) is 21.3 Å². The molecule has 0 spiro atoms. The third-order valence-electron chi connectivity index (χ3n) is 14.1. The summed E-state index contributed by atoms with van der Waals surface area (Å²) in [7, 11) is 5.03. The number of para-hydroxylation sites is 1. The first kappa shape index (κ1) is 80.7. The van der Waals surface area contributed by atoms with Gasteiger partial charge in [0, 0.05) is 35.7 Å². The van der Waals surface area contributed by atoms with Crippen molar-refractivity contribution < 1.29 is 14.2 Å². The fourth-order valence-corrected chi connectivity index (χ4v) is 12.8. The number of rotatable bonds is 3. The molecule has 0 unspecified atom stereocenters. The van der Waals surface area contributed by atoms with Crippen molar-refractivity contribution in [1.29, 1.82) is 0 Å². The molecule has 0 saturated carbocycles. The molecule has 0 saturated heterocycles. The van der Waals surface area contributed by atoms with Crippen LogP contribution >= 0.6 is 69.6 Å². The Morgan fingerprint density at radius 2 is 0.609 bits per heavy atom. The third kappa shape index (κ3) is 27.0. The van der Waals surface area contributed by atoms with Crippen LogP contribution in [-0.4, -0.2) is 21.3 Å². The highest BCUT2D eigenvalue weighted by atomic mass is 35.5. The van der Waals surface area contributed by atoms with E-state index in [2.05, 4.69) is 229 Å². The van der Waals surface area contributed by atoms with E-state index in [9.17, 15) is 0 Å².